The fraction of sp³-hybridized carbons (Fsp3) is 0.588. The molecular formula is C17H26FIN2O2Si. The second-order valence-corrected chi connectivity index (χ2v) is 13.8. The van der Waals surface area contributed by atoms with Crippen LogP contribution in [0.4, 0.5) is 10.1 Å². The average Bonchev–Trinajstić information content (AvgIpc) is 2.88. The van der Waals surface area contributed by atoms with Crippen LogP contribution in [0.5, 0.6) is 0 Å². The summed E-state index contributed by atoms with van der Waals surface area (Å²) in [5.74, 6) is -0.626. The molecule has 1 aliphatic rings. The number of anilines is 1. The maximum Gasteiger partial charge on any atom is 0.241 e. The van der Waals surface area contributed by atoms with Gasteiger partial charge < -0.3 is 15.1 Å². The number of carbonyl (C=O) groups is 1. The highest BCUT2D eigenvalue weighted by Gasteiger charge is 2.41. The Morgan fingerprint density at radius 3 is 2.67 bits per heavy atom. The molecule has 1 fully saturated rings. The van der Waals surface area contributed by atoms with Crippen molar-refractivity contribution in [1.29, 1.82) is 0 Å². The van der Waals surface area contributed by atoms with E-state index in [-0.39, 0.29) is 28.8 Å². The summed E-state index contributed by atoms with van der Waals surface area (Å²) in [4.78, 5) is 12.4. The number of nitrogens with one attached hydrogen (secondary N) is 2. The first-order valence-electron chi connectivity index (χ1n) is 8.17. The Kier molecular flexibility index (Phi) is 6.10. The zero-order valence-corrected chi connectivity index (χ0v) is 18.0. The zero-order valence-electron chi connectivity index (χ0n) is 14.9. The maximum atomic E-state index is 13.9. The molecule has 2 unspecified atom stereocenters. The third-order valence-corrected chi connectivity index (χ3v) is 10.1. The number of carbonyl (C=O) groups excluding carboxylic acids is 1. The molecule has 2 atom stereocenters. The summed E-state index contributed by atoms with van der Waals surface area (Å²) in [7, 11) is -1.86. The molecule has 24 heavy (non-hydrogen) atoms. The van der Waals surface area contributed by atoms with Crippen molar-refractivity contribution >= 4 is 42.5 Å². The van der Waals surface area contributed by atoms with Gasteiger partial charge >= 0.3 is 0 Å². The van der Waals surface area contributed by atoms with Gasteiger partial charge in [-0.2, -0.15) is 0 Å². The Bertz CT molecular complexity index is 619. The normalized spacial score (nSPS) is 21.8. The van der Waals surface area contributed by atoms with Gasteiger partial charge in [0.2, 0.25) is 5.91 Å². The van der Waals surface area contributed by atoms with Crippen molar-refractivity contribution in [1.82, 2.24) is 5.32 Å². The molecule has 7 heteroatoms. The lowest BCUT2D eigenvalue weighted by molar-refractivity contribution is -0.117. The predicted octanol–water partition coefficient (Wildman–Crippen LogP) is 4.12. The van der Waals surface area contributed by atoms with Gasteiger partial charge in [0.15, 0.2) is 8.32 Å². The lowest BCUT2D eigenvalue weighted by atomic mass is 10.2. The highest BCUT2D eigenvalue weighted by atomic mass is 127. The van der Waals surface area contributed by atoms with Crippen LogP contribution in [0.15, 0.2) is 18.2 Å². The van der Waals surface area contributed by atoms with Crippen LogP contribution in [0, 0.1) is 9.39 Å². The summed E-state index contributed by atoms with van der Waals surface area (Å²) in [6, 6.07) is 4.42. The highest BCUT2D eigenvalue weighted by Crippen LogP contribution is 2.38. The Labute approximate surface area is 158 Å². The van der Waals surface area contributed by atoms with Crippen molar-refractivity contribution in [2.75, 3.05) is 11.9 Å². The minimum Gasteiger partial charge on any atom is -0.413 e. The molecule has 4 nitrogen and oxygen atoms in total. The third kappa shape index (κ3) is 4.77. The van der Waals surface area contributed by atoms with Gasteiger partial charge in [-0.15, -0.1) is 0 Å². The summed E-state index contributed by atoms with van der Waals surface area (Å²) in [6.45, 7) is 11.7. The number of hydrogen-bond donors (Lipinski definition) is 2. The smallest absolute Gasteiger partial charge is 0.241 e. The van der Waals surface area contributed by atoms with Gasteiger partial charge in [0.1, 0.15) is 5.82 Å². The van der Waals surface area contributed by atoms with Crippen molar-refractivity contribution in [3.8, 4) is 0 Å². The molecule has 2 rings (SSSR count). The lowest BCUT2D eigenvalue weighted by Gasteiger charge is -2.38. The summed E-state index contributed by atoms with van der Waals surface area (Å²) in [5, 5.41) is 6.00. The largest absolute Gasteiger partial charge is 0.413 e. The van der Waals surface area contributed by atoms with E-state index in [1.165, 1.54) is 6.07 Å². The molecule has 1 amide bonds. The van der Waals surface area contributed by atoms with Crippen molar-refractivity contribution in [3.05, 3.63) is 27.6 Å². The van der Waals surface area contributed by atoms with E-state index >= 15 is 0 Å². The molecule has 1 aliphatic heterocycles. The van der Waals surface area contributed by atoms with Gasteiger partial charge in [-0.3, -0.25) is 4.79 Å². The van der Waals surface area contributed by atoms with Crippen molar-refractivity contribution < 1.29 is 13.6 Å². The molecule has 1 aromatic carbocycles. The van der Waals surface area contributed by atoms with E-state index < -0.39 is 14.1 Å². The van der Waals surface area contributed by atoms with Gasteiger partial charge in [0.05, 0.1) is 17.8 Å². The van der Waals surface area contributed by atoms with Gasteiger partial charge in [-0.05, 0) is 65.3 Å². The monoisotopic (exact) mass is 464 g/mol. The molecule has 0 radical (unpaired) electrons. The Morgan fingerprint density at radius 2 is 2.08 bits per heavy atom. The lowest BCUT2D eigenvalue weighted by Crippen LogP contribution is -2.44. The SMILES string of the molecule is CC(C)(C)[Si](C)(C)OC1CNC(C(=O)Nc2ccc(I)cc2F)C1. The summed E-state index contributed by atoms with van der Waals surface area (Å²) < 4.78 is 21.0. The van der Waals surface area contributed by atoms with Crippen LogP contribution in [-0.4, -0.2) is 32.9 Å². The minimum absolute atomic E-state index is 0.0308. The van der Waals surface area contributed by atoms with Crippen LogP contribution < -0.4 is 10.6 Å². The molecule has 0 spiro atoms. The standard InChI is InChI=1S/C17H26FIN2O2Si/c1-17(2,3)24(4,5)23-12-9-15(20-10-12)16(22)21-14-7-6-11(19)8-13(14)18/h6-8,12,15,20H,9-10H2,1-5H3,(H,21,22). The highest BCUT2D eigenvalue weighted by molar-refractivity contribution is 14.1. The van der Waals surface area contributed by atoms with Gasteiger partial charge in [-0.25, -0.2) is 4.39 Å². The van der Waals surface area contributed by atoms with Crippen LogP contribution in [0.3, 0.4) is 0 Å². The van der Waals surface area contributed by atoms with Crippen LogP contribution in [0.25, 0.3) is 0 Å². The minimum atomic E-state index is -1.86. The number of rotatable bonds is 4. The fourth-order valence-corrected chi connectivity index (χ4v) is 4.22. The quantitative estimate of drug-likeness (QED) is 0.521. The first-order chi connectivity index (χ1) is 11.0. The Balaban J connectivity index is 1.94. The second kappa shape index (κ2) is 7.39. The van der Waals surface area contributed by atoms with Gasteiger partial charge in [0, 0.05) is 10.1 Å². The van der Waals surface area contributed by atoms with Crippen molar-refractivity contribution in [2.24, 2.45) is 0 Å². The van der Waals surface area contributed by atoms with Crippen molar-refractivity contribution in [2.45, 2.75) is 57.5 Å². The first-order valence-corrected chi connectivity index (χ1v) is 12.2. The third-order valence-electron chi connectivity index (χ3n) is 4.86. The van der Waals surface area contributed by atoms with E-state index in [1.807, 2.05) is 22.6 Å². The summed E-state index contributed by atoms with van der Waals surface area (Å²) in [6.07, 6.45) is 0.646. The second-order valence-electron chi connectivity index (χ2n) is 7.81. The number of benzene rings is 1. The van der Waals surface area contributed by atoms with Crippen LogP contribution in [0.1, 0.15) is 27.2 Å². The molecule has 1 saturated heterocycles. The van der Waals surface area contributed by atoms with Crippen LogP contribution in [0.2, 0.25) is 18.1 Å². The molecule has 134 valence electrons. The zero-order chi connectivity index (χ0) is 18.1. The summed E-state index contributed by atoms with van der Waals surface area (Å²) >= 11 is 2.04. The average molecular weight is 464 g/mol. The summed E-state index contributed by atoms with van der Waals surface area (Å²) in [5.41, 5.74) is 0.219. The van der Waals surface area contributed by atoms with E-state index in [2.05, 4.69) is 44.5 Å². The molecule has 1 aromatic rings. The Hall–Kier alpha value is -0.513. The molecule has 0 aliphatic carbocycles. The molecule has 2 N–H and O–H groups in total. The van der Waals surface area contributed by atoms with Crippen LogP contribution >= 0.6 is 22.6 Å². The van der Waals surface area contributed by atoms with E-state index in [1.54, 1.807) is 12.1 Å². The predicted molar refractivity (Wildman–Crippen MR) is 106 cm³/mol. The maximum absolute atomic E-state index is 13.9. The van der Waals surface area contributed by atoms with E-state index in [9.17, 15) is 9.18 Å². The van der Waals surface area contributed by atoms with Gasteiger partial charge in [0.25, 0.3) is 0 Å². The molecule has 0 bridgehead atoms. The molecule has 0 aromatic heterocycles. The van der Waals surface area contributed by atoms with Gasteiger partial charge in [-0.1, -0.05) is 20.8 Å². The van der Waals surface area contributed by atoms with Crippen molar-refractivity contribution in [3.63, 3.8) is 0 Å². The first kappa shape index (κ1) is 19.8. The topological polar surface area (TPSA) is 50.4 Å². The molecule has 1 heterocycles. The molecular weight excluding hydrogens is 438 g/mol. The fourth-order valence-electron chi connectivity index (χ4n) is 2.40. The van der Waals surface area contributed by atoms with E-state index in [4.69, 9.17) is 4.43 Å². The van der Waals surface area contributed by atoms with E-state index in [0.29, 0.717) is 13.0 Å². The van der Waals surface area contributed by atoms with Crippen LogP contribution in [-0.2, 0) is 9.22 Å². The number of hydrogen-bond acceptors (Lipinski definition) is 3. The number of amides is 1. The van der Waals surface area contributed by atoms with E-state index in [0.717, 1.165) is 3.57 Å². The number of halogens is 2. The Morgan fingerprint density at radius 1 is 1.42 bits per heavy atom. The molecule has 0 saturated carbocycles.